The van der Waals surface area contributed by atoms with Crippen molar-refractivity contribution < 1.29 is 9.53 Å². The molecular weight excluding hydrogens is 338 g/mol. The zero-order chi connectivity index (χ0) is 18.0. The fourth-order valence-electron chi connectivity index (χ4n) is 2.33. The van der Waals surface area contributed by atoms with Crippen molar-refractivity contribution in [2.75, 3.05) is 5.32 Å². The van der Waals surface area contributed by atoms with Gasteiger partial charge in [0.2, 0.25) is 5.88 Å². The number of fused-ring (bicyclic) bond motifs is 1. The third-order valence-corrected chi connectivity index (χ3v) is 3.56. The molecule has 0 atom stereocenters. The molecule has 2 aromatic heterocycles. The molecule has 5 nitrogen and oxygen atoms in total. The number of carbonyl (C=O) groups excluding carboxylic acids is 1. The minimum atomic E-state index is -0.462. The molecule has 1 aromatic carbocycles. The first-order valence-corrected chi connectivity index (χ1v) is 8.21. The van der Waals surface area contributed by atoms with E-state index < -0.39 is 5.97 Å². The maximum atomic E-state index is 12.3. The summed E-state index contributed by atoms with van der Waals surface area (Å²) in [5.74, 6) is 0.332. The average Bonchev–Trinajstić information content (AvgIpc) is 2.55. The van der Waals surface area contributed by atoms with E-state index in [1.54, 1.807) is 42.6 Å². The fourth-order valence-corrected chi connectivity index (χ4v) is 2.49. The molecule has 0 unspecified atom stereocenters. The molecule has 25 heavy (non-hydrogen) atoms. The Balaban J connectivity index is 2.01. The number of esters is 1. The van der Waals surface area contributed by atoms with Crippen molar-refractivity contribution in [3.8, 4) is 5.88 Å². The van der Waals surface area contributed by atoms with Gasteiger partial charge in [-0.1, -0.05) is 29.8 Å². The van der Waals surface area contributed by atoms with Crippen molar-refractivity contribution in [1.29, 1.82) is 0 Å². The summed E-state index contributed by atoms with van der Waals surface area (Å²) in [6.45, 7) is 6.06. The minimum absolute atomic E-state index is 0.206. The van der Waals surface area contributed by atoms with E-state index in [1.807, 2.05) is 26.8 Å². The van der Waals surface area contributed by atoms with E-state index in [0.29, 0.717) is 16.5 Å². The van der Waals surface area contributed by atoms with Crippen molar-refractivity contribution in [2.45, 2.75) is 26.3 Å². The van der Waals surface area contributed by atoms with Gasteiger partial charge in [0.15, 0.2) is 0 Å². The highest BCUT2D eigenvalue weighted by Crippen LogP contribution is 2.29. The number of pyridine rings is 2. The molecule has 0 amide bonds. The van der Waals surface area contributed by atoms with Gasteiger partial charge >= 0.3 is 5.97 Å². The zero-order valence-corrected chi connectivity index (χ0v) is 15.0. The SMILES string of the molecule is CC(C)(C)Nc1nc(OC(=O)c2ccccc2)cc2cnc(Cl)cc12. The second-order valence-corrected chi connectivity index (χ2v) is 7.06. The van der Waals surface area contributed by atoms with Crippen LogP contribution in [0.15, 0.2) is 48.7 Å². The Hall–Kier alpha value is -2.66. The van der Waals surface area contributed by atoms with Gasteiger partial charge in [-0.05, 0) is 39.0 Å². The fraction of sp³-hybridized carbons (Fsp3) is 0.211. The second-order valence-electron chi connectivity index (χ2n) is 6.67. The van der Waals surface area contributed by atoms with E-state index in [1.165, 1.54) is 0 Å². The molecule has 0 fully saturated rings. The van der Waals surface area contributed by atoms with Crippen LogP contribution in [-0.4, -0.2) is 21.5 Å². The summed E-state index contributed by atoms with van der Waals surface area (Å²) in [7, 11) is 0. The maximum absolute atomic E-state index is 12.3. The predicted molar refractivity (Wildman–Crippen MR) is 99.3 cm³/mol. The van der Waals surface area contributed by atoms with Gasteiger partial charge in [0, 0.05) is 28.6 Å². The molecule has 0 bridgehead atoms. The molecule has 0 aliphatic rings. The summed E-state index contributed by atoms with van der Waals surface area (Å²) in [5.41, 5.74) is 0.238. The van der Waals surface area contributed by atoms with Gasteiger partial charge < -0.3 is 10.1 Å². The number of rotatable bonds is 3. The van der Waals surface area contributed by atoms with Crippen molar-refractivity contribution in [3.63, 3.8) is 0 Å². The predicted octanol–water partition coefficient (Wildman–Crippen LogP) is 4.71. The Kier molecular flexibility index (Phi) is 4.59. The first-order valence-electron chi connectivity index (χ1n) is 7.83. The number of halogens is 1. The number of carbonyl (C=O) groups is 1. The molecule has 2 heterocycles. The first kappa shape index (κ1) is 17.2. The van der Waals surface area contributed by atoms with Crippen LogP contribution in [-0.2, 0) is 0 Å². The highest BCUT2D eigenvalue weighted by molar-refractivity contribution is 6.30. The van der Waals surface area contributed by atoms with Crippen LogP contribution in [0.1, 0.15) is 31.1 Å². The number of aromatic nitrogens is 2. The number of hydrogen-bond acceptors (Lipinski definition) is 5. The summed E-state index contributed by atoms with van der Waals surface area (Å²) in [6, 6.07) is 12.2. The Morgan fingerprint density at radius 2 is 1.88 bits per heavy atom. The Labute approximate surface area is 151 Å². The molecule has 3 aromatic rings. The molecule has 0 aliphatic heterocycles. The molecule has 0 aliphatic carbocycles. The van der Waals surface area contributed by atoms with E-state index >= 15 is 0 Å². The van der Waals surface area contributed by atoms with E-state index in [9.17, 15) is 4.79 Å². The van der Waals surface area contributed by atoms with Gasteiger partial charge in [-0.15, -0.1) is 0 Å². The molecular formula is C19H18ClN3O2. The summed E-state index contributed by atoms with van der Waals surface area (Å²) in [5, 5.41) is 5.29. The van der Waals surface area contributed by atoms with Crippen LogP contribution in [0, 0.1) is 0 Å². The highest BCUT2D eigenvalue weighted by atomic mass is 35.5. The molecule has 3 rings (SSSR count). The van der Waals surface area contributed by atoms with Crippen LogP contribution in [0.4, 0.5) is 5.82 Å². The highest BCUT2D eigenvalue weighted by Gasteiger charge is 2.17. The van der Waals surface area contributed by atoms with Crippen LogP contribution >= 0.6 is 11.6 Å². The summed E-state index contributed by atoms with van der Waals surface area (Å²) in [6.07, 6.45) is 1.63. The smallest absolute Gasteiger partial charge is 0.344 e. The summed E-state index contributed by atoms with van der Waals surface area (Å²) < 4.78 is 5.44. The molecule has 0 saturated heterocycles. The Morgan fingerprint density at radius 3 is 2.56 bits per heavy atom. The van der Waals surface area contributed by atoms with Crippen molar-refractivity contribution in [1.82, 2.24) is 9.97 Å². The van der Waals surface area contributed by atoms with Crippen molar-refractivity contribution in [2.24, 2.45) is 0 Å². The van der Waals surface area contributed by atoms with Gasteiger partial charge in [0.1, 0.15) is 11.0 Å². The lowest BCUT2D eigenvalue weighted by Gasteiger charge is -2.22. The molecule has 6 heteroatoms. The lowest BCUT2D eigenvalue weighted by atomic mass is 10.1. The van der Waals surface area contributed by atoms with Gasteiger partial charge in [-0.2, -0.15) is 4.98 Å². The Morgan fingerprint density at radius 1 is 1.16 bits per heavy atom. The zero-order valence-electron chi connectivity index (χ0n) is 14.2. The monoisotopic (exact) mass is 355 g/mol. The molecule has 0 radical (unpaired) electrons. The number of hydrogen-bond donors (Lipinski definition) is 1. The minimum Gasteiger partial charge on any atom is -0.404 e. The van der Waals surface area contributed by atoms with E-state index in [4.69, 9.17) is 16.3 Å². The van der Waals surface area contributed by atoms with Gasteiger partial charge in [0.05, 0.1) is 5.56 Å². The van der Waals surface area contributed by atoms with Crippen LogP contribution in [0.5, 0.6) is 5.88 Å². The molecule has 0 saturated carbocycles. The lowest BCUT2D eigenvalue weighted by molar-refractivity contribution is 0.0728. The Bertz CT molecular complexity index is 921. The largest absolute Gasteiger partial charge is 0.404 e. The van der Waals surface area contributed by atoms with E-state index in [0.717, 1.165) is 10.8 Å². The molecule has 1 N–H and O–H groups in total. The van der Waals surface area contributed by atoms with Crippen LogP contribution in [0.2, 0.25) is 5.15 Å². The van der Waals surface area contributed by atoms with Gasteiger partial charge in [0.25, 0.3) is 0 Å². The van der Waals surface area contributed by atoms with Gasteiger partial charge in [-0.25, -0.2) is 9.78 Å². The lowest BCUT2D eigenvalue weighted by Crippen LogP contribution is -2.27. The maximum Gasteiger partial charge on any atom is 0.344 e. The van der Waals surface area contributed by atoms with Crippen molar-refractivity contribution >= 4 is 34.2 Å². The molecule has 0 spiro atoms. The van der Waals surface area contributed by atoms with Gasteiger partial charge in [-0.3, -0.25) is 0 Å². The van der Waals surface area contributed by atoms with Crippen molar-refractivity contribution in [3.05, 3.63) is 59.4 Å². The number of nitrogens with one attached hydrogen (secondary N) is 1. The van der Waals surface area contributed by atoms with Crippen LogP contribution < -0.4 is 10.1 Å². The van der Waals surface area contributed by atoms with E-state index in [2.05, 4.69) is 15.3 Å². The average molecular weight is 356 g/mol. The number of nitrogens with zero attached hydrogens (tertiary/aromatic N) is 2. The summed E-state index contributed by atoms with van der Waals surface area (Å²) in [4.78, 5) is 20.8. The normalized spacial score (nSPS) is 11.4. The third kappa shape index (κ3) is 4.25. The van der Waals surface area contributed by atoms with Crippen LogP contribution in [0.3, 0.4) is 0 Å². The quantitative estimate of drug-likeness (QED) is 0.544. The second kappa shape index (κ2) is 6.69. The van der Waals surface area contributed by atoms with E-state index in [-0.39, 0.29) is 11.4 Å². The standard InChI is InChI=1S/C19H18ClN3O2/c1-19(2,3)23-17-14-10-15(20)21-11-13(14)9-16(22-17)25-18(24)12-7-5-4-6-8-12/h4-11H,1-3H3,(H,22,23). The van der Waals surface area contributed by atoms with Crippen LogP contribution in [0.25, 0.3) is 10.8 Å². The first-order chi connectivity index (χ1) is 11.8. The topological polar surface area (TPSA) is 64.1 Å². The summed E-state index contributed by atoms with van der Waals surface area (Å²) >= 11 is 6.01. The number of benzene rings is 1. The molecule has 128 valence electrons. The number of ether oxygens (including phenoxy) is 1. The number of anilines is 1. The third-order valence-electron chi connectivity index (χ3n) is 3.36.